The normalized spacial score (nSPS) is 11.7. The standard InChI is InChI=1S/C36H30BI3O3.C12H10FI/c1-7-19-31(20-8-1)38(32-21-9-2-10-22-32)41-37(42-39(33-23-11-3-12-24-33)34-25-13-4-14-26-34)43-40(35-27-15-5-16-28-35)36-29-17-6-18-30-36;13-14(11-7-3-1-4-8-11)12-9-5-2-6-10-12/h1-30H;1-10H. The molecule has 57 heavy (non-hydrogen) atoms. The van der Waals surface area contributed by atoms with E-state index in [1.165, 1.54) is 21.4 Å². The summed E-state index contributed by atoms with van der Waals surface area (Å²) in [5, 5.41) is 0. The van der Waals surface area contributed by atoms with Gasteiger partial charge < -0.3 is 0 Å². The van der Waals surface area contributed by atoms with Crippen molar-refractivity contribution in [2.24, 2.45) is 0 Å². The number of hydrogen-bond donors (Lipinski definition) is 0. The molecule has 9 heteroatoms. The summed E-state index contributed by atoms with van der Waals surface area (Å²) >= 11 is -9.90. The van der Waals surface area contributed by atoms with Gasteiger partial charge in [0.25, 0.3) is 0 Å². The first kappa shape index (κ1) is 41.7. The quantitative estimate of drug-likeness (QED) is 0.0802. The van der Waals surface area contributed by atoms with Crippen molar-refractivity contribution >= 4 is 88.4 Å². The van der Waals surface area contributed by atoms with Gasteiger partial charge in [-0.1, -0.05) is 0 Å². The maximum atomic E-state index is 14.0. The first-order valence-corrected chi connectivity index (χ1v) is 30.2. The molecule has 3 nitrogen and oxygen atoms in total. The van der Waals surface area contributed by atoms with E-state index in [4.69, 9.17) is 8.95 Å². The zero-order valence-electron chi connectivity index (χ0n) is 30.8. The van der Waals surface area contributed by atoms with E-state index in [-0.39, 0.29) is 0 Å². The number of halogens is 5. The average Bonchev–Trinajstić information content (AvgIpc) is 3.31. The van der Waals surface area contributed by atoms with Gasteiger partial charge in [0.05, 0.1) is 0 Å². The Kier molecular flexibility index (Phi) is 16.6. The zero-order chi connectivity index (χ0) is 38.9. The molecule has 8 aromatic carbocycles. The molecule has 0 aliphatic carbocycles. The van der Waals surface area contributed by atoms with Crippen LogP contribution in [0.1, 0.15) is 0 Å². The van der Waals surface area contributed by atoms with Gasteiger partial charge in [0.1, 0.15) is 0 Å². The molecule has 0 saturated carbocycles. The van der Waals surface area contributed by atoms with E-state index in [1.54, 1.807) is 0 Å². The van der Waals surface area contributed by atoms with Crippen LogP contribution in [0.4, 0.5) is 2.86 Å². The van der Waals surface area contributed by atoms with Crippen molar-refractivity contribution in [2.45, 2.75) is 0 Å². The molecule has 0 unspecified atom stereocenters. The summed E-state index contributed by atoms with van der Waals surface area (Å²) in [6, 6.07) is 82.3. The Hall–Kier alpha value is -3.45. The van der Waals surface area contributed by atoms with Gasteiger partial charge >= 0.3 is 371 Å². The Morgan fingerprint density at radius 3 is 0.579 bits per heavy atom. The summed E-state index contributed by atoms with van der Waals surface area (Å²) in [7, 11) is -0.832. The fourth-order valence-electron chi connectivity index (χ4n) is 5.30. The van der Waals surface area contributed by atoms with Crippen molar-refractivity contribution in [1.82, 2.24) is 0 Å². The topological polar surface area (TPSA) is 27.7 Å². The molecule has 0 amide bonds. The second-order valence-electron chi connectivity index (χ2n) is 11.9. The average molecular weight is 1200 g/mol. The van der Waals surface area contributed by atoms with Gasteiger partial charge in [0.15, 0.2) is 0 Å². The SMILES string of the molecule is FI(c1ccccc1)c1ccccc1.c1ccc(I(OB(OI(c2ccccc2)c2ccccc2)OI(c2ccccc2)c2ccccc2)c2ccccc2)cc1. The minimum atomic E-state index is -2.60. The first-order valence-electron chi connectivity index (χ1n) is 18.1. The van der Waals surface area contributed by atoms with E-state index in [0.29, 0.717) is 0 Å². The number of benzene rings is 8. The minimum absolute atomic E-state index is 0.832. The molecule has 0 aliphatic heterocycles. The first-order chi connectivity index (χ1) is 28.2. The van der Waals surface area contributed by atoms with Gasteiger partial charge in [-0.15, -0.1) is 0 Å². The van der Waals surface area contributed by atoms with E-state index in [0.717, 1.165) is 7.14 Å². The molecule has 0 radical (unpaired) electrons. The van der Waals surface area contributed by atoms with E-state index >= 15 is 0 Å². The molecule has 0 aliphatic rings. The third kappa shape index (κ3) is 12.3. The Balaban J connectivity index is 0.000000297. The Morgan fingerprint density at radius 1 is 0.246 bits per heavy atom. The van der Waals surface area contributed by atoms with E-state index in [1.807, 2.05) is 60.7 Å². The van der Waals surface area contributed by atoms with Crippen molar-refractivity contribution < 1.29 is 11.8 Å². The van der Waals surface area contributed by atoms with Gasteiger partial charge in [-0.3, -0.25) is 0 Å². The summed E-state index contributed by atoms with van der Waals surface area (Å²) in [5.41, 5.74) is 0. The molecule has 288 valence electrons. The molecule has 8 aromatic rings. The summed E-state index contributed by atoms with van der Waals surface area (Å²) in [5.74, 6) is 0. The van der Waals surface area contributed by atoms with Crippen LogP contribution in [0.3, 0.4) is 0 Å². The van der Waals surface area contributed by atoms with Crippen LogP contribution >= 0.6 is 81.1 Å². The van der Waals surface area contributed by atoms with Crippen LogP contribution in [0, 0.1) is 28.6 Å². The van der Waals surface area contributed by atoms with Crippen molar-refractivity contribution in [3.05, 3.63) is 271 Å². The molecule has 0 N–H and O–H groups in total. The molecule has 0 heterocycles. The third-order valence-corrected chi connectivity index (χ3v) is 25.4. The Morgan fingerprint density at radius 2 is 0.404 bits per heavy atom. The van der Waals surface area contributed by atoms with Gasteiger partial charge in [0, 0.05) is 0 Å². The Labute approximate surface area is 367 Å². The predicted octanol–water partition coefficient (Wildman–Crippen LogP) is 14.6. The monoisotopic (exact) mass is 1200 g/mol. The van der Waals surface area contributed by atoms with Crippen LogP contribution in [0.2, 0.25) is 0 Å². The molecule has 8 rings (SSSR count). The van der Waals surface area contributed by atoms with E-state index in [2.05, 4.69) is 182 Å². The summed E-state index contributed by atoms with van der Waals surface area (Å²) in [4.78, 5) is 0. The molecule has 0 spiro atoms. The molecule has 0 aromatic heterocycles. The van der Waals surface area contributed by atoms with Crippen LogP contribution in [-0.2, 0) is 8.95 Å². The number of hydrogen-bond acceptors (Lipinski definition) is 3. The fourth-order valence-corrected chi connectivity index (χ4v) is 21.5. The summed E-state index contributed by atoms with van der Waals surface area (Å²) in [6.07, 6.45) is 0. The second kappa shape index (κ2) is 22.6. The molecule has 0 saturated heterocycles. The molecular formula is C48H40BFI4O3. The summed E-state index contributed by atoms with van der Waals surface area (Å²) < 4.78 is 44.5. The zero-order valence-corrected chi connectivity index (χ0v) is 39.4. The molecule has 0 atom stereocenters. The van der Waals surface area contributed by atoms with Crippen molar-refractivity contribution in [1.29, 1.82) is 0 Å². The van der Waals surface area contributed by atoms with Crippen LogP contribution in [0.5, 0.6) is 0 Å². The van der Waals surface area contributed by atoms with Gasteiger partial charge in [-0.2, -0.15) is 0 Å². The Bertz CT molecular complexity index is 1950. The molecule has 0 fully saturated rings. The predicted molar refractivity (Wildman–Crippen MR) is 267 cm³/mol. The van der Waals surface area contributed by atoms with Crippen LogP contribution in [0.25, 0.3) is 0 Å². The molecular weight excluding hydrogens is 1160 g/mol. The third-order valence-electron chi connectivity index (χ3n) is 7.92. The van der Waals surface area contributed by atoms with Crippen molar-refractivity contribution in [2.75, 3.05) is 0 Å². The van der Waals surface area contributed by atoms with Crippen molar-refractivity contribution in [3.8, 4) is 0 Å². The van der Waals surface area contributed by atoms with Gasteiger partial charge in [-0.05, 0) is 0 Å². The summed E-state index contributed by atoms with van der Waals surface area (Å²) in [6.45, 7) is 0. The molecule has 0 bridgehead atoms. The number of rotatable bonds is 14. The van der Waals surface area contributed by atoms with Crippen molar-refractivity contribution in [3.63, 3.8) is 0 Å². The van der Waals surface area contributed by atoms with E-state index in [9.17, 15) is 2.86 Å². The maximum absolute atomic E-state index is 14.0. The second-order valence-corrected chi connectivity index (χ2v) is 29.0. The van der Waals surface area contributed by atoms with Gasteiger partial charge in [-0.25, -0.2) is 0 Å². The van der Waals surface area contributed by atoms with Gasteiger partial charge in [0.2, 0.25) is 0 Å². The van der Waals surface area contributed by atoms with E-state index < -0.39 is 88.4 Å². The van der Waals surface area contributed by atoms with Crippen LogP contribution in [-0.4, -0.2) is 7.32 Å². The van der Waals surface area contributed by atoms with Crippen LogP contribution < -0.4 is 0 Å². The van der Waals surface area contributed by atoms with Crippen LogP contribution in [0.15, 0.2) is 243 Å². The fraction of sp³-hybridized carbons (Fsp3) is 0.